The van der Waals surface area contributed by atoms with Gasteiger partial charge in [0, 0.05) is 19.1 Å². The van der Waals surface area contributed by atoms with Crippen LogP contribution in [0.25, 0.3) is 0 Å². The molecular weight excluding hydrogens is 352 g/mol. The second-order valence-corrected chi connectivity index (χ2v) is 6.33. The Hall–Kier alpha value is -2.52. The second-order valence-electron chi connectivity index (χ2n) is 6.33. The van der Waals surface area contributed by atoms with Gasteiger partial charge in [0.1, 0.15) is 0 Å². The van der Waals surface area contributed by atoms with Gasteiger partial charge in [0.25, 0.3) is 0 Å². The lowest BCUT2D eigenvalue weighted by Gasteiger charge is -2.14. The molecule has 2 aromatic carbocycles. The number of hydrogen-bond donors (Lipinski definition) is 8. The van der Waals surface area contributed by atoms with Crippen molar-refractivity contribution in [2.45, 2.75) is 32.1 Å². The average molecular weight is 380 g/mol. The predicted octanol–water partition coefficient (Wildman–Crippen LogP) is 1.22. The summed E-state index contributed by atoms with van der Waals surface area (Å²) in [5, 5.41) is 58.4. The zero-order chi connectivity index (χ0) is 20.6. The lowest BCUT2D eigenvalue weighted by Crippen LogP contribution is -2.27. The first-order valence-electron chi connectivity index (χ1n) is 8.49. The Balaban J connectivity index is 0.000000277. The maximum absolute atomic E-state index is 9.73. The third-order valence-corrected chi connectivity index (χ3v) is 3.71. The van der Waals surface area contributed by atoms with Crippen molar-refractivity contribution in [3.63, 3.8) is 0 Å². The van der Waals surface area contributed by atoms with Crippen LogP contribution in [-0.4, -0.2) is 49.8 Å². The van der Waals surface area contributed by atoms with E-state index in [1.165, 1.54) is 30.3 Å². The summed E-state index contributed by atoms with van der Waals surface area (Å²) in [5.41, 5.74) is 6.27. The van der Waals surface area contributed by atoms with Crippen LogP contribution in [0.3, 0.4) is 0 Å². The van der Waals surface area contributed by atoms with Crippen LogP contribution in [0.1, 0.15) is 37.2 Å². The quantitative estimate of drug-likeness (QED) is 0.347. The Labute approximate surface area is 158 Å². The first kappa shape index (κ1) is 22.5. The van der Waals surface area contributed by atoms with E-state index < -0.39 is 12.2 Å². The molecule has 8 nitrogen and oxygen atoms in total. The van der Waals surface area contributed by atoms with Crippen LogP contribution in [-0.2, 0) is 0 Å². The van der Waals surface area contributed by atoms with Crippen molar-refractivity contribution < 1.29 is 30.6 Å². The lowest BCUT2D eigenvalue weighted by atomic mass is 10.1. The van der Waals surface area contributed by atoms with Crippen LogP contribution < -0.4 is 11.1 Å². The smallest absolute Gasteiger partial charge is 0.157 e. The highest BCUT2D eigenvalue weighted by Crippen LogP contribution is 2.28. The molecule has 0 aliphatic rings. The van der Waals surface area contributed by atoms with E-state index in [0.717, 1.165) is 0 Å². The monoisotopic (exact) mass is 380 g/mol. The maximum atomic E-state index is 9.73. The van der Waals surface area contributed by atoms with Crippen LogP contribution in [0.2, 0.25) is 0 Å². The van der Waals surface area contributed by atoms with Crippen LogP contribution in [0.5, 0.6) is 23.0 Å². The molecule has 0 fully saturated rings. The van der Waals surface area contributed by atoms with Gasteiger partial charge in [0.05, 0.1) is 12.2 Å². The summed E-state index contributed by atoms with van der Waals surface area (Å²) in [7, 11) is 0. The van der Waals surface area contributed by atoms with Gasteiger partial charge in [-0.05, 0) is 35.4 Å². The molecule has 2 aromatic rings. The molecule has 0 radical (unpaired) electrons. The van der Waals surface area contributed by atoms with Crippen molar-refractivity contribution in [3.05, 3.63) is 47.5 Å². The van der Waals surface area contributed by atoms with Gasteiger partial charge in [-0.3, -0.25) is 0 Å². The van der Waals surface area contributed by atoms with Gasteiger partial charge in [0.2, 0.25) is 0 Å². The van der Waals surface area contributed by atoms with Crippen molar-refractivity contribution in [1.82, 2.24) is 5.32 Å². The maximum Gasteiger partial charge on any atom is 0.157 e. The number of aromatic hydroxyl groups is 4. The highest BCUT2D eigenvalue weighted by Gasteiger charge is 2.10. The van der Waals surface area contributed by atoms with E-state index in [0.29, 0.717) is 23.7 Å². The molecule has 27 heavy (non-hydrogen) atoms. The molecule has 8 heteroatoms. The fourth-order valence-corrected chi connectivity index (χ4v) is 2.10. The Morgan fingerprint density at radius 3 is 1.59 bits per heavy atom. The van der Waals surface area contributed by atoms with Crippen molar-refractivity contribution in [2.24, 2.45) is 5.73 Å². The van der Waals surface area contributed by atoms with Gasteiger partial charge in [-0.2, -0.15) is 0 Å². The Bertz CT molecular complexity index is 723. The number of aliphatic hydroxyl groups is 2. The molecule has 0 amide bonds. The highest BCUT2D eigenvalue weighted by molar-refractivity contribution is 5.42. The Kier molecular flexibility index (Phi) is 8.83. The number of aliphatic hydroxyl groups excluding tert-OH is 2. The van der Waals surface area contributed by atoms with Crippen LogP contribution in [0.4, 0.5) is 0 Å². The van der Waals surface area contributed by atoms with Gasteiger partial charge in [0.15, 0.2) is 23.0 Å². The number of nitrogens with one attached hydrogen (secondary N) is 1. The van der Waals surface area contributed by atoms with Gasteiger partial charge in [-0.15, -0.1) is 0 Å². The van der Waals surface area contributed by atoms with Crippen LogP contribution >= 0.6 is 0 Å². The molecule has 9 N–H and O–H groups in total. The zero-order valence-corrected chi connectivity index (χ0v) is 15.4. The molecule has 0 aliphatic heterocycles. The third kappa shape index (κ3) is 7.32. The van der Waals surface area contributed by atoms with E-state index in [1.807, 2.05) is 13.8 Å². The minimum atomic E-state index is -0.795. The molecule has 2 rings (SSSR count). The van der Waals surface area contributed by atoms with Crippen molar-refractivity contribution >= 4 is 0 Å². The molecular formula is C19H28N2O6. The minimum absolute atomic E-state index is 0.0875. The highest BCUT2D eigenvalue weighted by atomic mass is 16.3. The normalized spacial score (nSPS) is 13.0. The number of nitrogens with two attached hydrogens (primary N) is 1. The van der Waals surface area contributed by atoms with E-state index in [1.54, 1.807) is 6.07 Å². The molecule has 0 saturated heterocycles. The summed E-state index contributed by atoms with van der Waals surface area (Å²) in [4.78, 5) is 0. The van der Waals surface area contributed by atoms with Crippen molar-refractivity contribution in [3.8, 4) is 23.0 Å². The summed E-state index contributed by atoms with van der Waals surface area (Å²) in [6, 6.07) is 8.71. The predicted molar refractivity (Wildman–Crippen MR) is 102 cm³/mol. The van der Waals surface area contributed by atoms with E-state index in [4.69, 9.17) is 21.1 Å². The summed E-state index contributed by atoms with van der Waals surface area (Å²) < 4.78 is 0. The molecule has 0 heterocycles. The van der Waals surface area contributed by atoms with E-state index in [2.05, 4.69) is 5.32 Å². The summed E-state index contributed by atoms with van der Waals surface area (Å²) in [6.45, 7) is 4.48. The molecule has 0 aromatic heterocycles. The van der Waals surface area contributed by atoms with E-state index in [9.17, 15) is 15.3 Å². The number of rotatable bonds is 6. The molecule has 0 bridgehead atoms. The molecule has 2 atom stereocenters. The first-order chi connectivity index (χ1) is 12.6. The van der Waals surface area contributed by atoms with E-state index in [-0.39, 0.29) is 29.5 Å². The van der Waals surface area contributed by atoms with Gasteiger partial charge in [-0.25, -0.2) is 0 Å². The number of hydrogen-bond acceptors (Lipinski definition) is 8. The molecule has 0 saturated carbocycles. The van der Waals surface area contributed by atoms with E-state index >= 15 is 0 Å². The Morgan fingerprint density at radius 1 is 0.778 bits per heavy atom. The molecule has 1 unspecified atom stereocenters. The van der Waals surface area contributed by atoms with Crippen molar-refractivity contribution in [1.29, 1.82) is 0 Å². The number of benzene rings is 2. The molecule has 0 spiro atoms. The van der Waals surface area contributed by atoms with Crippen molar-refractivity contribution in [2.75, 3.05) is 13.1 Å². The molecule has 150 valence electrons. The SMILES string of the molecule is CC(C)NCC(O)c1ccc(O)c(O)c1.NC[C@H](O)c1ccc(O)c(O)c1. The minimum Gasteiger partial charge on any atom is -0.504 e. The van der Waals surface area contributed by atoms with Crippen LogP contribution in [0.15, 0.2) is 36.4 Å². The number of phenolic OH excluding ortho intramolecular Hbond substituents is 4. The largest absolute Gasteiger partial charge is 0.504 e. The third-order valence-electron chi connectivity index (χ3n) is 3.71. The zero-order valence-electron chi connectivity index (χ0n) is 15.4. The standard InChI is InChI=1S/C11H17NO3.C8H11NO3/c1-7(2)12-6-11(15)8-3-4-9(13)10(14)5-8;9-4-8(12)5-1-2-6(10)7(11)3-5/h3-5,7,11-15H,6H2,1-2H3;1-3,8,10-12H,4,9H2/t;8-/m.0/s1. The fourth-order valence-electron chi connectivity index (χ4n) is 2.10. The second kappa shape index (κ2) is 10.6. The Morgan fingerprint density at radius 2 is 1.22 bits per heavy atom. The number of phenols is 4. The summed E-state index contributed by atoms with van der Waals surface area (Å²) in [6.07, 6.45) is -1.48. The summed E-state index contributed by atoms with van der Waals surface area (Å²) in [5.74, 6) is -0.846. The van der Waals surface area contributed by atoms with Gasteiger partial charge < -0.3 is 41.7 Å². The van der Waals surface area contributed by atoms with Crippen LogP contribution in [0, 0.1) is 0 Å². The summed E-state index contributed by atoms with van der Waals surface area (Å²) >= 11 is 0. The first-order valence-corrected chi connectivity index (χ1v) is 8.49. The van der Waals surface area contributed by atoms with Gasteiger partial charge in [-0.1, -0.05) is 26.0 Å². The lowest BCUT2D eigenvalue weighted by molar-refractivity contribution is 0.171. The van der Waals surface area contributed by atoms with Gasteiger partial charge >= 0.3 is 0 Å². The molecule has 0 aliphatic carbocycles. The topological polar surface area (TPSA) is 159 Å². The average Bonchev–Trinajstić information content (AvgIpc) is 2.64. The fraction of sp³-hybridized carbons (Fsp3) is 0.368.